The molecule has 3 aromatic rings. The van der Waals surface area contributed by atoms with Crippen molar-refractivity contribution < 1.29 is 9.90 Å². The second-order valence-electron chi connectivity index (χ2n) is 12.4. The summed E-state index contributed by atoms with van der Waals surface area (Å²) in [6.07, 6.45) is 18.8. The molecule has 0 aliphatic carbocycles. The van der Waals surface area contributed by atoms with Gasteiger partial charge in [0.25, 0.3) is 0 Å². The number of carbonyl (C=O) groups excluding carboxylic acids is 1. The van der Waals surface area contributed by atoms with Crippen molar-refractivity contribution in [2.24, 2.45) is 12.0 Å². The highest BCUT2D eigenvalue weighted by Gasteiger charge is 2.24. The van der Waals surface area contributed by atoms with Crippen LogP contribution in [-0.4, -0.2) is 61.9 Å². The lowest BCUT2D eigenvalue weighted by Gasteiger charge is -2.22. The van der Waals surface area contributed by atoms with E-state index in [1.807, 2.05) is 50.4 Å². The highest BCUT2D eigenvalue weighted by molar-refractivity contribution is 5.82. The lowest BCUT2D eigenvalue weighted by molar-refractivity contribution is -0.122. The number of benzene rings is 1. The van der Waals surface area contributed by atoms with Crippen LogP contribution >= 0.6 is 0 Å². The summed E-state index contributed by atoms with van der Waals surface area (Å²) in [6, 6.07) is 10.3. The Morgan fingerprint density at radius 3 is 2.58 bits per heavy atom. The van der Waals surface area contributed by atoms with Crippen molar-refractivity contribution >= 4 is 29.8 Å². The zero-order valence-corrected chi connectivity index (χ0v) is 29.2. The summed E-state index contributed by atoms with van der Waals surface area (Å²) in [5, 5.41) is 9.20. The molecule has 1 aliphatic rings. The third-order valence-corrected chi connectivity index (χ3v) is 8.79. The second-order valence-corrected chi connectivity index (χ2v) is 12.4. The molecule has 1 aliphatic heterocycles. The monoisotopic (exact) mass is 647 g/mol. The normalized spacial score (nSPS) is 15.9. The topological polar surface area (TPSA) is 92.7 Å². The first-order chi connectivity index (χ1) is 23.1. The molecule has 1 unspecified atom stereocenters. The van der Waals surface area contributed by atoms with Crippen LogP contribution < -0.4 is 5.69 Å². The number of aliphatic hydroxyl groups excluding tert-OH is 1. The van der Waals surface area contributed by atoms with Crippen molar-refractivity contribution in [2.75, 3.05) is 19.7 Å². The van der Waals surface area contributed by atoms with Gasteiger partial charge in [-0.15, -0.1) is 0 Å². The van der Waals surface area contributed by atoms with Crippen LogP contribution in [0.2, 0.25) is 0 Å². The van der Waals surface area contributed by atoms with Gasteiger partial charge in [-0.3, -0.25) is 28.8 Å². The lowest BCUT2D eigenvalue weighted by Crippen LogP contribution is -2.34. The summed E-state index contributed by atoms with van der Waals surface area (Å²) >= 11 is 0. The number of likely N-dealkylation sites (tertiary alicyclic amines) is 1. The summed E-state index contributed by atoms with van der Waals surface area (Å²) < 4.78 is 3.39. The summed E-state index contributed by atoms with van der Waals surface area (Å²) in [4.78, 5) is 36.5. The first-order valence-corrected chi connectivity index (χ1v) is 16.7. The Balaban J connectivity index is 1.48. The zero-order chi connectivity index (χ0) is 34.8. The molecule has 0 bridgehead atoms. The van der Waals surface area contributed by atoms with E-state index in [2.05, 4.69) is 67.6 Å². The first kappa shape index (κ1) is 36.2. The summed E-state index contributed by atoms with van der Waals surface area (Å²) in [7, 11) is 1.77. The van der Waals surface area contributed by atoms with E-state index < -0.39 is 6.61 Å². The molecule has 8 nitrogen and oxygen atoms in total. The van der Waals surface area contributed by atoms with Crippen LogP contribution in [0.3, 0.4) is 0 Å². The van der Waals surface area contributed by atoms with Gasteiger partial charge in [0.15, 0.2) is 5.78 Å². The summed E-state index contributed by atoms with van der Waals surface area (Å²) in [6.45, 7) is 15.3. The number of aliphatic hydroxyl groups is 1. The minimum Gasteiger partial charge on any atom is -0.389 e. The van der Waals surface area contributed by atoms with Crippen molar-refractivity contribution in [1.29, 1.82) is 0 Å². The number of allylic oxidation sites excluding steroid dienone is 6. The second kappa shape index (κ2) is 16.9. The number of aliphatic imine (C=N–C) groups is 1. The van der Waals surface area contributed by atoms with Gasteiger partial charge < -0.3 is 5.11 Å². The van der Waals surface area contributed by atoms with E-state index in [0.29, 0.717) is 6.54 Å². The Bertz CT molecular complexity index is 1830. The van der Waals surface area contributed by atoms with E-state index in [4.69, 9.17) is 4.99 Å². The molecule has 0 amide bonds. The molecule has 0 saturated carbocycles. The average Bonchev–Trinajstić information content (AvgIpc) is 3.60. The lowest BCUT2D eigenvalue weighted by atomic mass is 9.99. The predicted octanol–water partition coefficient (Wildman–Crippen LogP) is 7.24. The Labute approximate surface area is 284 Å². The maximum Gasteiger partial charge on any atom is 0.328 e. The van der Waals surface area contributed by atoms with E-state index in [9.17, 15) is 14.7 Å². The molecule has 48 heavy (non-hydrogen) atoms. The van der Waals surface area contributed by atoms with Crippen molar-refractivity contribution in [3.8, 4) is 11.1 Å². The van der Waals surface area contributed by atoms with Crippen LogP contribution in [0.4, 0.5) is 5.69 Å². The van der Waals surface area contributed by atoms with Gasteiger partial charge in [-0.25, -0.2) is 4.79 Å². The van der Waals surface area contributed by atoms with Crippen molar-refractivity contribution in [3.05, 3.63) is 117 Å². The van der Waals surface area contributed by atoms with Gasteiger partial charge in [0.2, 0.25) is 0 Å². The Kier molecular flexibility index (Phi) is 12.8. The molecule has 8 heteroatoms. The Morgan fingerprint density at radius 2 is 1.94 bits per heavy atom. The molecule has 1 aromatic carbocycles. The fourth-order valence-electron chi connectivity index (χ4n) is 6.16. The molecular weight excluding hydrogens is 598 g/mol. The minimum absolute atomic E-state index is 0.0972. The van der Waals surface area contributed by atoms with E-state index in [1.165, 1.54) is 11.1 Å². The van der Waals surface area contributed by atoms with Gasteiger partial charge in [-0.1, -0.05) is 61.6 Å². The number of imidazole rings is 1. The Hall–Kier alpha value is -4.66. The van der Waals surface area contributed by atoms with Gasteiger partial charge in [0, 0.05) is 42.7 Å². The molecule has 3 heterocycles. The molecule has 0 spiro atoms. The van der Waals surface area contributed by atoms with Gasteiger partial charge in [-0.05, 0) is 94.5 Å². The van der Waals surface area contributed by atoms with Crippen LogP contribution in [0, 0.1) is 6.92 Å². The van der Waals surface area contributed by atoms with Crippen LogP contribution in [0.1, 0.15) is 69.6 Å². The number of Topliss-reactive ketones (excluding diaryl/α,β-unsaturated/α-hetero) is 1. The molecule has 0 radical (unpaired) electrons. The molecule has 1 saturated heterocycles. The van der Waals surface area contributed by atoms with Gasteiger partial charge in [0.1, 0.15) is 6.61 Å². The number of rotatable bonds is 14. The van der Waals surface area contributed by atoms with E-state index in [1.54, 1.807) is 28.5 Å². The SMILES string of the molecule is C=Cc1ncc(-c2ccc(N=Cc3c(C)n(CC=CC(=CC)C(=CC4CCCN4CC(=O)CO)CC)c(=O)n3C)cc2)cc1C=C(C)C. The fourth-order valence-corrected chi connectivity index (χ4v) is 6.16. The first-order valence-electron chi connectivity index (χ1n) is 16.7. The highest BCUT2D eigenvalue weighted by Crippen LogP contribution is 2.26. The molecule has 252 valence electrons. The molecule has 1 N–H and O–H groups in total. The van der Waals surface area contributed by atoms with E-state index in [0.717, 1.165) is 70.8 Å². The van der Waals surface area contributed by atoms with Gasteiger partial charge >= 0.3 is 5.69 Å². The minimum atomic E-state index is -0.419. The summed E-state index contributed by atoms with van der Waals surface area (Å²) in [5.74, 6) is -0.150. The van der Waals surface area contributed by atoms with Gasteiger partial charge in [0.05, 0.1) is 29.8 Å². The highest BCUT2D eigenvalue weighted by atomic mass is 16.3. The quantitative estimate of drug-likeness (QED) is 0.147. The van der Waals surface area contributed by atoms with Gasteiger partial charge in [-0.2, -0.15) is 0 Å². The van der Waals surface area contributed by atoms with Crippen LogP contribution in [0.25, 0.3) is 23.3 Å². The fraction of sp³-hybridized carbons (Fsp3) is 0.350. The number of ketones is 1. The number of pyridine rings is 1. The van der Waals surface area contributed by atoms with Crippen LogP contribution in [-0.2, 0) is 18.4 Å². The number of carbonyl (C=O) groups is 1. The van der Waals surface area contributed by atoms with Crippen LogP contribution in [0.15, 0.2) is 93.9 Å². The predicted molar refractivity (Wildman–Crippen MR) is 199 cm³/mol. The molecule has 1 fully saturated rings. The third-order valence-electron chi connectivity index (χ3n) is 8.79. The van der Waals surface area contributed by atoms with E-state index in [-0.39, 0.29) is 24.1 Å². The molecule has 4 rings (SSSR count). The van der Waals surface area contributed by atoms with Crippen LogP contribution in [0.5, 0.6) is 0 Å². The molecule has 2 aromatic heterocycles. The largest absolute Gasteiger partial charge is 0.389 e. The standard InChI is InChI=1S/C40H49N5O3/c1-8-30(31(9-2)23-36-14-12-19-44(36)26-37(47)27-46)13-11-20-45-29(6)39(43(7)40(45)48)25-41-35-17-15-32(16-18-35)34-22-33(21-28(4)5)38(10-3)42-24-34/h8,10-11,13,15-18,21-25,36,46H,3,9,12,14,19-20,26-27H2,1-2,4-7H3. The number of hydrogen-bond acceptors (Lipinski definition) is 6. The molecule has 1 atom stereocenters. The average molecular weight is 648 g/mol. The smallest absolute Gasteiger partial charge is 0.328 e. The number of aromatic nitrogens is 3. The third kappa shape index (κ3) is 8.82. The van der Waals surface area contributed by atoms with Crippen molar-refractivity contribution in [2.45, 2.75) is 66.5 Å². The number of hydrogen-bond donors (Lipinski definition) is 1. The van der Waals surface area contributed by atoms with Crippen molar-refractivity contribution in [1.82, 2.24) is 19.0 Å². The van der Waals surface area contributed by atoms with E-state index >= 15 is 0 Å². The maximum absolute atomic E-state index is 13.2. The maximum atomic E-state index is 13.2. The Morgan fingerprint density at radius 1 is 1.19 bits per heavy atom. The zero-order valence-electron chi connectivity index (χ0n) is 29.2. The number of nitrogens with zero attached hydrogens (tertiary/aromatic N) is 5. The molecular formula is C40H49N5O3. The van der Waals surface area contributed by atoms with Crippen molar-refractivity contribution in [3.63, 3.8) is 0 Å². The summed E-state index contributed by atoms with van der Waals surface area (Å²) in [5.41, 5.74) is 9.75.